The van der Waals surface area contributed by atoms with E-state index in [1.54, 1.807) is 41.5 Å². The maximum Gasteiger partial charge on any atom is 0.331 e. The highest BCUT2D eigenvalue weighted by atomic mass is 16.6. The van der Waals surface area contributed by atoms with E-state index in [0.717, 1.165) is 0 Å². The van der Waals surface area contributed by atoms with E-state index in [-0.39, 0.29) is 12.5 Å². The van der Waals surface area contributed by atoms with Crippen LogP contribution in [-0.4, -0.2) is 35.7 Å². The first kappa shape index (κ1) is 19.9. The Hall–Kier alpha value is -1.10. The van der Waals surface area contributed by atoms with Crippen LogP contribution in [-0.2, 0) is 19.1 Å². The lowest BCUT2D eigenvalue weighted by Crippen LogP contribution is -2.51. The monoisotopic (exact) mass is 301 g/mol. The third-order valence-electron chi connectivity index (χ3n) is 2.36. The maximum absolute atomic E-state index is 12.2. The van der Waals surface area contributed by atoms with Crippen molar-refractivity contribution in [3.8, 4) is 0 Å². The molecule has 0 fully saturated rings. The molecule has 0 aromatic carbocycles. The third-order valence-corrected chi connectivity index (χ3v) is 2.36. The summed E-state index contributed by atoms with van der Waals surface area (Å²) in [6.45, 7) is 16.5. The second-order valence-electron chi connectivity index (χ2n) is 8.23. The lowest BCUT2D eigenvalue weighted by Gasteiger charge is -2.29. The van der Waals surface area contributed by atoms with Crippen LogP contribution in [0.3, 0.4) is 0 Å². The zero-order valence-electron chi connectivity index (χ0n) is 14.9. The maximum atomic E-state index is 12.2. The largest absolute Gasteiger partial charge is 0.458 e. The van der Waals surface area contributed by atoms with Crippen LogP contribution in [0.25, 0.3) is 0 Å². The molecule has 0 radical (unpaired) electrons. The zero-order chi connectivity index (χ0) is 17.1. The van der Waals surface area contributed by atoms with Gasteiger partial charge in [0.05, 0.1) is 12.2 Å². The lowest BCUT2D eigenvalue weighted by molar-refractivity contribution is -0.162. The topological polar surface area (TPSA) is 64.6 Å². The minimum Gasteiger partial charge on any atom is -0.458 e. The normalized spacial score (nSPS) is 14.5. The number of ether oxygens (including phenoxy) is 2. The molecule has 124 valence electrons. The van der Waals surface area contributed by atoms with E-state index in [9.17, 15) is 9.59 Å². The van der Waals surface area contributed by atoms with Gasteiger partial charge >= 0.3 is 5.97 Å². The van der Waals surface area contributed by atoms with Gasteiger partial charge in [-0.05, 0) is 41.5 Å². The van der Waals surface area contributed by atoms with Crippen LogP contribution in [0.1, 0.15) is 62.3 Å². The van der Waals surface area contributed by atoms with Gasteiger partial charge in [0.2, 0.25) is 5.91 Å². The van der Waals surface area contributed by atoms with Crippen molar-refractivity contribution in [2.24, 2.45) is 5.41 Å². The standard InChI is InChI=1S/C16H31NO4/c1-14(2,3)13(19)17-11(10-20-15(4,5)6)12(18)21-16(7,8)9/h11H,10H2,1-9H3,(H,17,19)/t11-/m0/s1. The van der Waals surface area contributed by atoms with Crippen LogP contribution >= 0.6 is 0 Å². The Balaban J connectivity index is 4.93. The summed E-state index contributed by atoms with van der Waals surface area (Å²) < 4.78 is 11.0. The molecule has 1 atom stereocenters. The SMILES string of the molecule is CC(C)(C)OC[C@H](NC(=O)C(C)(C)C)C(=O)OC(C)(C)C. The number of hydrogen-bond donors (Lipinski definition) is 1. The molecule has 0 rings (SSSR count). The van der Waals surface area contributed by atoms with E-state index in [4.69, 9.17) is 9.47 Å². The molecule has 0 saturated carbocycles. The molecule has 0 aliphatic heterocycles. The van der Waals surface area contributed by atoms with Gasteiger partial charge in [-0.1, -0.05) is 20.8 Å². The molecule has 0 bridgehead atoms. The molecular weight excluding hydrogens is 270 g/mol. The van der Waals surface area contributed by atoms with Gasteiger partial charge in [-0.25, -0.2) is 4.79 Å². The Bertz CT molecular complexity index is 369. The number of rotatable bonds is 4. The summed E-state index contributed by atoms with van der Waals surface area (Å²) in [4.78, 5) is 24.3. The molecule has 21 heavy (non-hydrogen) atoms. The van der Waals surface area contributed by atoms with Crippen molar-refractivity contribution in [3.05, 3.63) is 0 Å². The molecule has 0 unspecified atom stereocenters. The minimum atomic E-state index is -0.810. The summed E-state index contributed by atoms with van der Waals surface area (Å²) in [5.41, 5.74) is -1.59. The Morgan fingerprint density at radius 3 is 1.71 bits per heavy atom. The molecule has 5 heteroatoms. The lowest BCUT2D eigenvalue weighted by atomic mass is 9.95. The molecule has 0 aromatic heterocycles. The van der Waals surface area contributed by atoms with Gasteiger partial charge < -0.3 is 14.8 Å². The van der Waals surface area contributed by atoms with Gasteiger partial charge in [0.25, 0.3) is 0 Å². The molecule has 1 amide bonds. The Morgan fingerprint density at radius 1 is 0.905 bits per heavy atom. The van der Waals surface area contributed by atoms with Crippen LogP contribution < -0.4 is 5.32 Å². The number of hydrogen-bond acceptors (Lipinski definition) is 4. The van der Waals surface area contributed by atoms with Crippen LogP contribution in [0.2, 0.25) is 0 Å². The summed E-state index contributed by atoms with van der Waals surface area (Å²) in [5, 5.41) is 2.71. The van der Waals surface area contributed by atoms with Crippen molar-refractivity contribution < 1.29 is 19.1 Å². The number of carbonyl (C=O) groups is 2. The summed E-state index contributed by atoms with van der Waals surface area (Å²) in [7, 11) is 0. The molecule has 0 aliphatic carbocycles. The van der Waals surface area contributed by atoms with E-state index in [2.05, 4.69) is 5.32 Å². The summed E-state index contributed by atoms with van der Waals surface area (Å²) in [6, 6.07) is -0.810. The fraction of sp³-hybridized carbons (Fsp3) is 0.875. The number of carbonyl (C=O) groups excluding carboxylic acids is 2. The molecule has 0 aromatic rings. The van der Waals surface area contributed by atoms with E-state index in [1.807, 2.05) is 20.8 Å². The first-order valence-electron chi connectivity index (χ1n) is 7.29. The minimum absolute atomic E-state index is 0.0836. The van der Waals surface area contributed by atoms with E-state index in [1.165, 1.54) is 0 Å². The Labute approximate surface area is 128 Å². The van der Waals surface area contributed by atoms with Crippen molar-refractivity contribution >= 4 is 11.9 Å². The smallest absolute Gasteiger partial charge is 0.331 e. The van der Waals surface area contributed by atoms with Crippen molar-refractivity contribution in [1.82, 2.24) is 5.32 Å². The van der Waals surface area contributed by atoms with Crippen LogP contribution in [0.5, 0.6) is 0 Å². The predicted molar refractivity (Wildman–Crippen MR) is 82.9 cm³/mol. The van der Waals surface area contributed by atoms with Gasteiger partial charge in [0.1, 0.15) is 5.60 Å². The molecule has 0 heterocycles. The van der Waals surface area contributed by atoms with Gasteiger partial charge in [-0.3, -0.25) is 4.79 Å². The quantitative estimate of drug-likeness (QED) is 0.811. The average Bonchev–Trinajstić information content (AvgIpc) is 2.18. The average molecular weight is 301 g/mol. The first-order chi connectivity index (χ1) is 9.12. The summed E-state index contributed by atoms with van der Waals surface area (Å²) >= 11 is 0. The Morgan fingerprint density at radius 2 is 1.38 bits per heavy atom. The second kappa shape index (κ2) is 6.77. The highest BCUT2D eigenvalue weighted by Gasteiger charge is 2.31. The summed E-state index contributed by atoms with van der Waals surface area (Å²) in [6.07, 6.45) is 0. The van der Waals surface area contributed by atoms with Crippen LogP contribution in [0.15, 0.2) is 0 Å². The molecule has 0 saturated heterocycles. The number of amides is 1. The van der Waals surface area contributed by atoms with Crippen molar-refractivity contribution in [1.29, 1.82) is 0 Å². The zero-order valence-corrected chi connectivity index (χ0v) is 14.9. The van der Waals surface area contributed by atoms with Crippen molar-refractivity contribution in [3.63, 3.8) is 0 Å². The Kier molecular flexibility index (Phi) is 6.42. The number of esters is 1. The fourth-order valence-electron chi connectivity index (χ4n) is 1.25. The van der Waals surface area contributed by atoms with Gasteiger partial charge in [-0.2, -0.15) is 0 Å². The molecule has 5 nitrogen and oxygen atoms in total. The van der Waals surface area contributed by atoms with E-state index < -0.39 is 28.6 Å². The third kappa shape index (κ3) is 9.45. The molecular formula is C16H31NO4. The first-order valence-corrected chi connectivity index (χ1v) is 7.29. The van der Waals surface area contributed by atoms with Gasteiger partial charge in [0.15, 0.2) is 6.04 Å². The molecule has 0 spiro atoms. The van der Waals surface area contributed by atoms with Gasteiger partial charge in [0, 0.05) is 5.41 Å². The van der Waals surface area contributed by atoms with Gasteiger partial charge in [-0.15, -0.1) is 0 Å². The van der Waals surface area contributed by atoms with Crippen molar-refractivity contribution in [2.45, 2.75) is 79.6 Å². The second-order valence-corrected chi connectivity index (χ2v) is 8.23. The highest BCUT2D eigenvalue weighted by molar-refractivity contribution is 5.87. The summed E-state index contributed by atoms with van der Waals surface area (Å²) in [5.74, 6) is -0.694. The van der Waals surface area contributed by atoms with Crippen molar-refractivity contribution in [2.75, 3.05) is 6.61 Å². The number of nitrogens with one attached hydrogen (secondary N) is 1. The highest BCUT2D eigenvalue weighted by Crippen LogP contribution is 2.15. The van der Waals surface area contributed by atoms with Crippen LogP contribution in [0.4, 0.5) is 0 Å². The van der Waals surface area contributed by atoms with E-state index >= 15 is 0 Å². The molecule has 0 aliphatic rings. The van der Waals surface area contributed by atoms with Crippen LogP contribution in [0, 0.1) is 5.41 Å². The fourth-order valence-corrected chi connectivity index (χ4v) is 1.25. The molecule has 1 N–H and O–H groups in total. The van der Waals surface area contributed by atoms with E-state index in [0.29, 0.717) is 0 Å². The predicted octanol–water partition coefficient (Wildman–Crippen LogP) is 2.67.